The standard InChI is InChI=1S/C22H37N3O5S2/c1-16(2)31(26,27)24-20-10-8-19(9-11-20)13-23-21-6-5-7-22(12-21)32(28,29)25-14-17(3)30-18(4)15-25/h5-7,12,16-20,23-24H,8-11,13-15H2,1-4H3/t17-,18+,19-,20-. The van der Waals surface area contributed by atoms with Gasteiger partial charge in [0.25, 0.3) is 0 Å². The number of sulfonamides is 2. The summed E-state index contributed by atoms with van der Waals surface area (Å²) in [5.41, 5.74) is 0.781. The molecular weight excluding hydrogens is 450 g/mol. The highest BCUT2D eigenvalue weighted by Crippen LogP contribution is 2.27. The Kier molecular flexibility index (Phi) is 8.25. The second-order valence-corrected chi connectivity index (χ2v) is 13.6. The van der Waals surface area contributed by atoms with Gasteiger partial charge in [-0.15, -0.1) is 0 Å². The largest absolute Gasteiger partial charge is 0.385 e. The lowest BCUT2D eigenvalue weighted by Gasteiger charge is -2.34. The van der Waals surface area contributed by atoms with E-state index in [4.69, 9.17) is 4.74 Å². The van der Waals surface area contributed by atoms with E-state index in [0.717, 1.165) is 37.9 Å². The van der Waals surface area contributed by atoms with Gasteiger partial charge in [-0.05, 0) is 77.5 Å². The fourth-order valence-corrected chi connectivity index (χ4v) is 6.97. The van der Waals surface area contributed by atoms with Crippen molar-refractivity contribution in [2.24, 2.45) is 5.92 Å². The first-order valence-electron chi connectivity index (χ1n) is 11.5. The highest BCUT2D eigenvalue weighted by atomic mass is 32.2. The highest BCUT2D eigenvalue weighted by molar-refractivity contribution is 7.90. The molecule has 3 rings (SSSR count). The normalized spacial score (nSPS) is 28.0. The lowest BCUT2D eigenvalue weighted by atomic mass is 9.86. The van der Waals surface area contributed by atoms with Crippen LogP contribution in [-0.2, 0) is 24.8 Å². The van der Waals surface area contributed by atoms with Crippen molar-refractivity contribution >= 4 is 25.7 Å². The Labute approximate surface area is 193 Å². The van der Waals surface area contributed by atoms with Crippen LogP contribution in [0, 0.1) is 5.92 Å². The van der Waals surface area contributed by atoms with Crippen LogP contribution in [0.4, 0.5) is 5.69 Å². The molecule has 32 heavy (non-hydrogen) atoms. The van der Waals surface area contributed by atoms with E-state index in [-0.39, 0.29) is 23.1 Å². The third-order valence-corrected chi connectivity index (χ3v) is 9.98. The molecule has 1 aliphatic carbocycles. The number of nitrogens with zero attached hydrogens (tertiary/aromatic N) is 1. The van der Waals surface area contributed by atoms with Crippen molar-refractivity contribution in [1.29, 1.82) is 0 Å². The maximum atomic E-state index is 13.1. The molecule has 182 valence electrons. The van der Waals surface area contributed by atoms with Crippen molar-refractivity contribution in [3.05, 3.63) is 24.3 Å². The number of benzene rings is 1. The van der Waals surface area contributed by atoms with Crippen LogP contribution in [0.1, 0.15) is 53.4 Å². The van der Waals surface area contributed by atoms with E-state index in [1.807, 2.05) is 19.9 Å². The number of anilines is 1. The first kappa shape index (κ1) is 25.4. The Morgan fingerprint density at radius 1 is 1.03 bits per heavy atom. The molecule has 1 aliphatic heterocycles. The van der Waals surface area contributed by atoms with Crippen molar-refractivity contribution < 1.29 is 21.6 Å². The fourth-order valence-electron chi connectivity index (χ4n) is 4.36. The van der Waals surface area contributed by atoms with Gasteiger partial charge < -0.3 is 10.1 Å². The maximum Gasteiger partial charge on any atom is 0.243 e. The molecule has 2 aliphatic rings. The molecule has 0 amide bonds. The van der Waals surface area contributed by atoms with E-state index >= 15 is 0 Å². The molecule has 1 saturated carbocycles. The molecule has 2 fully saturated rings. The second-order valence-electron chi connectivity index (χ2n) is 9.42. The van der Waals surface area contributed by atoms with Crippen LogP contribution in [0.5, 0.6) is 0 Å². The molecular formula is C22H37N3O5S2. The Morgan fingerprint density at radius 2 is 1.66 bits per heavy atom. The van der Waals surface area contributed by atoms with Gasteiger partial charge in [0.05, 0.1) is 22.4 Å². The number of rotatable bonds is 8. The lowest BCUT2D eigenvalue weighted by molar-refractivity contribution is -0.0440. The Bertz CT molecular complexity index is 963. The molecule has 0 bridgehead atoms. The third-order valence-electron chi connectivity index (χ3n) is 6.25. The zero-order chi connectivity index (χ0) is 23.5. The summed E-state index contributed by atoms with van der Waals surface area (Å²) in [4.78, 5) is 0.288. The maximum absolute atomic E-state index is 13.1. The molecule has 1 heterocycles. The minimum absolute atomic E-state index is 0.00502. The third kappa shape index (κ3) is 6.44. The average molecular weight is 488 g/mol. The Balaban J connectivity index is 1.55. The zero-order valence-electron chi connectivity index (χ0n) is 19.5. The quantitative estimate of drug-likeness (QED) is 0.584. The first-order valence-corrected chi connectivity index (χ1v) is 14.5. The van der Waals surface area contributed by atoms with Crippen molar-refractivity contribution in [3.8, 4) is 0 Å². The molecule has 1 aromatic carbocycles. The number of nitrogens with one attached hydrogen (secondary N) is 2. The second kappa shape index (κ2) is 10.4. The molecule has 1 saturated heterocycles. The SMILES string of the molecule is CC(C)S(=O)(=O)N[C@H]1CC[C@H](CNc2cccc(S(=O)(=O)N3C[C@@H](C)O[C@@H](C)C3)c2)CC1. The van der Waals surface area contributed by atoms with Gasteiger partial charge in [-0.1, -0.05) is 6.07 Å². The van der Waals surface area contributed by atoms with Crippen molar-refractivity contribution in [2.75, 3.05) is 25.0 Å². The van der Waals surface area contributed by atoms with Gasteiger partial charge in [-0.3, -0.25) is 0 Å². The Hall–Kier alpha value is -1.20. The summed E-state index contributed by atoms with van der Waals surface area (Å²) in [6.45, 7) is 8.59. The van der Waals surface area contributed by atoms with Gasteiger partial charge in [0.1, 0.15) is 0 Å². The molecule has 8 nitrogen and oxygen atoms in total. The summed E-state index contributed by atoms with van der Waals surface area (Å²) in [5, 5.41) is 2.96. The predicted octanol–water partition coefficient (Wildman–Crippen LogP) is 2.78. The van der Waals surface area contributed by atoms with Crippen LogP contribution in [0.25, 0.3) is 0 Å². The summed E-state index contributed by atoms with van der Waals surface area (Å²) in [6, 6.07) is 6.98. The zero-order valence-corrected chi connectivity index (χ0v) is 21.1. The molecule has 2 atom stereocenters. The minimum atomic E-state index is -3.58. The van der Waals surface area contributed by atoms with Crippen LogP contribution in [0.3, 0.4) is 0 Å². The smallest absolute Gasteiger partial charge is 0.243 e. The summed E-state index contributed by atoms with van der Waals surface area (Å²) in [5.74, 6) is 0.427. The van der Waals surface area contributed by atoms with E-state index < -0.39 is 25.3 Å². The average Bonchev–Trinajstić information content (AvgIpc) is 2.72. The number of hydrogen-bond donors (Lipinski definition) is 2. The van der Waals surface area contributed by atoms with Crippen LogP contribution in [0.15, 0.2) is 29.2 Å². The van der Waals surface area contributed by atoms with Gasteiger partial charge in [0.15, 0.2) is 0 Å². The van der Waals surface area contributed by atoms with Crippen LogP contribution in [-0.4, -0.2) is 64.3 Å². The monoisotopic (exact) mass is 487 g/mol. The first-order chi connectivity index (χ1) is 15.0. The van der Waals surface area contributed by atoms with Gasteiger partial charge >= 0.3 is 0 Å². The molecule has 10 heteroatoms. The van der Waals surface area contributed by atoms with Crippen molar-refractivity contribution in [3.63, 3.8) is 0 Å². The van der Waals surface area contributed by atoms with E-state index in [1.165, 1.54) is 4.31 Å². The van der Waals surface area contributed by atoms with Crippen molar-refractivity contribution in [1.82, 2.24) is 9.03 Å². The number of hydrogen-bond acceptors (Lipinski definition) is 6. The van der Waals surface area contributed by atoms with Gasteiger partial charge in [-0.2, -0.15) is 4.31 Å². The Morgan fingerprint density at radius 3 is 2.25 bits per heavy atom. The van der Waals surface area contributed by atoms with E-state index in [0.29, 0.717) is 19.0 Å². The molecule has 1 aromatic rings. The van der Waals surface area contributed by atoms with Gasteiger partial charge in [0, 0.05) is 31.4 Å². The van der Waals surface area contributed by atoms with Crippen LogP contribution in [0.2, 0.25) is 0 Å². The lowest BCUT2D eigenvalue weighted by Crippen LogP contribution is -2.48. The van der Waals surface area contributed by atoms with E-state index in [2.05, 4.69) is 10.0 Å². The van der Waals surface area contributed by atoms with Crippen LogP contribution < -0.4 is 10.0 Å². The molecule has 0 spiro atoms. The highest BCUT2D eigenvalue weighted by Gasteiger charge is 2.32. The minimum Gasteiger partial charge on any atom is -0.385 e. The fraction of sp³-hybridized carbons (Fsp3) is 0.727. The number of morpholine rings is 1. The summed E-state index contributed by atoms with van der Waals surface area (Å²) in [7, 11) is -6.82. The van der Waals surface area contributed by atoms with Gasteiger partial charge in [-0.25, -0.2) is 21.6 Å². The molecule has 2 N–H and O–H groups in total. The van der Waals surface area contributed by atoms with E-state index in [9.17, 15) is 16.8 Å². The molecule has 0 unspecified atom stereocenters. The van der Waals surface area contributed by atoms with E-state index in [1.54, 1.807) is 32.0 Å². The number of ether oxygens (including phenoxy) is 1. The topological polar surface area (TPSA) is 105 Å². The predicted molar refractivity (Wildman–Crippen MR) is 127 cm³/mol. The van der Waals surface area contributed by atoms with Crippen LogP contribution >= 0.6 is 0 Å². The van der Waals surface area contributed by atoms with Crippen molar-refractivity contribution in [2.45, 2.75) is 81.8 Å². The van der Waals surface area contributed by atoms with Gasteiger partial charge in [0.2, 0.25) is 20.0 Å². The summed E-state index contributed by atoms with van der Waals surface area (Å²) in [6.07, 6.45) is 3.24. The molecule has 0 radical (unpaired) electrons. The summed E-state index contributed by atoms with van der Waals surface area (Å²) >= 11 is 0. The summed E-state index contributed by atoms with van der Waals surface area (Å²) < 4.78 is 60.4. The molecule has 0 aromatic heterocycles.